The van der Waals surface area contributed by atoms with Gasteiger partial charge in [-0.1, -0.05) is 12.8 Å². The topological polar surface area (TPSA) is 41.6 Å². The minimum Gasteiger partial charge on any atom is -0.468 e. The third-order valence-electron chi connectivity index (χ3n) is 5.52. The van der Waals surface area contributed by atoms with Crippen LogP contribution < -0.4 is 5.32 Å². The molecule has 2 atom stereocenters. The van der Waals surface area contributed by atoms with Gasteiger partial charge in [0.1, 0.15) is 5.54 Å². The van der Waals surface area contributed by atoms with Gasteiger partial charge in [0, 0.05) is 12.1 Å². The maximum Gasteiger partial charge on any atom is 0.326 e. The lowest BCUT2D eigenvalue weighted by atomic mass is 9.78. The van der Waals surface area contributed by atoms with Gasteiger partial charge in [0.15, 0.2) is 0 Å². The third kappa shape index (κ3) is 3.59. The quantitative estimate of drug-likeness (QED) is 0.809. The van der Waals surface area contributed by atoms with E-state index in [2.05, 4.69) is 10.2 Å². The molecule has 2 aliphatic carbocycles. The molecule has 0 aromatic rings. The van der Waals surface area contributed by atoms with Gasteiger partial charge < -0.3 is 9.64 Å². The largest absolute Gasteiger partial charge is 0.468 e. The third-order valence-corrected chi connectivity index (χ3v) is 5.52. The van der Waals surface area contributed by atoms with E-state index < -0.39 is 5.54 Å². The van der Waals surface area contributed by atoms with Crippen LogP contribution >= 0.6 is 0 Å². The highest BCUT2D eigenvalue weighted by atomic mass is 16.5. The van der Waals surface area contributed by atoms with Gasteiger partial charge in [0.2, 0.25) is 0 Å². The molecule has 0 aromatic carbocycles. The predicted molar refractivity (Wildman–Crippen MR) is 83.2 cm³/mol. The lowest BCUT2D eigenvalue weighted by Crippen LogP contribution is -2.59. The summed E-state index contributed by atoms with van der Waals surface area (Å²) in [6, 6.07) is 1.11. The number of hydrogen-bond donors (Lipinski definition) is 1. The number of carbonyl (C=O) groups excluding carboxylic acids is 1. The van der Waals surface area contributed by atoms with E-state index in [1.54, 1.807) is 0 Å². The van der Waals surface area contributed by atoms with E-state index in [4.69, 9.17) is 4.74 Å². The van der Waals surface area contributed by atoms with E-state index in [0.29, 0.717) is 12.1 Å². The molecular formula is C17H30N2O2. The molecular weight excluding hydrogens is 264 g/mol. The zero-order valence-electron chi connectivity index (χ0n) is 13.4. The summed E-state index contributed by atoms with van der Waals surface area (Å²) < 4.78 is 5.16. The Balaban J connectivity index is 1.69. The van der Waals surface area contributed by atoms with Crippen LogP contribution in [-0.2, 0) is 9.53 Å². The monoisotopic (exact) mass is 294 g/mol. The van der Waals surface area contributed by atoms with E-state index >= 15 is 0 Å². The van der Waals surface area contributed by atoms with Crippen molar-refractivity contribution in [1.82, 2.24) is 10.2 Å². The number of carbonyl (C=O) groups is 1. The number of rotatable bonds is 4. The Hall–Kier alpha value is -0.610. The van der Waals surface area contributed by atoms with E-state index in [0.717, 1.165) is 19.3 Å². The fourth-order valence-electron chi connectivity index (χ4n) is 4.21. The highest BCUT2D eigenvalue weighted by molar-refractivity contribution is 5.81. The normalized spacial score (nSPS) is 35.2. The highest BCUT2D eigenvalue weighted by Gasteiger charge is 2.47. The summed E-state index contributed by atoms with van der Waals surface area (Å²) in [5.41, 5.74) is -0.412. The molecule has 3 fully saturated rings. The van der Waals surface area contributed by atoms with Gasteiger partial charge in [0.25, 0.3) is 0 Å². The lowest BCUT2D eigenvalue weighted by molar-refractivity contribution is -0.151. The zero-order valence-corrected chi connectivity index (χ0v) is 13.4. The van der Waals surface area contributed by atoms with Crippen molar-refractivity contribution >= 4 is 5.97 Å². The van der Waals surface area contributed by atoms with Gasteiger partial charge in [-0.2, -0.15) is 0 Å². The van der Waals surface area contributed by atoms with Crippen LogP contribution in [0.3, 0.4) is 0 Å². The molecule has 2 unspecified atom stereocenters. The highest BCUT2D eigenvalue weighted by Crippen LogP contribution is 2.36. The zero-order chi connectivity index (χ0) is 14.7. The summed E-state index contributed by atoms with van der Waals surface area (Å²) in [5.74, 6) is -0.0334. The van der Waals surface area contributed by atoms with Gasteiger partial charge in [-0.25, -0.2) is 0 Å². The van der Waals surface area contributed by atoms with E-state index in [1.807, 2.05) is 0 Å². The molecule has 1 heterocycles. The minimum absolute atomic E-state index is 0.0334. The van der Waals surface area contributed by atoms with Crippen LogP contribution in [0.5, 0.6) is 0 Å². The molecule has 0 radical (unpaired) electrons. The molecule has 120 valence electrons. The number of likely N-dealkylation sites (tertiary alicyclic amines) is 1. The number of methoxy groups -OCH3 is 1. The fourth-order valence-corrected chi connectivity index (χ4v) is 4.21. The van der Waals surface area contributed by atoms with Crippen molar-refractivity contribution in [1.29, 1.82) is 0 Å². The smallest absolute Gasteiger partial charge is 0.326 e. The summed E-state index contributed by atoms with van der Waals surface area (Å²) in [5, 5.41) is 3.64. The van der Waals surface area contributed by atoms with Crippen LogP contribution in [0.2, 0.25) is 0 Å². The van der Waals surface area contributed by atoms with Gasteiger partial charge in [0.05, 0.1) is 7.11 Å². The number of ether oxygens (including phenoxy) is 1. The molecule has 0 aromatic heterocycles. The van der Waals surface area contributed by atoms with Crippen LogP contribution in [0.15, 0.2) is 0 Å². The average Bonchev–Trinajstić information content (AvgIpc) is 3.33. The van der Waals surface area contributed by atoms with Crippen molar-refractivity contribution in [3.8, 4) is 0 Å². The predicted octanol–water partition coefficient (Wildman–Crippen LogP) is 2.47. The fraction of sp³-hybridized carbons (Fsp3) is 0.941. The summed E-state index contributed by atoms with van der Waals surface area (Å²) in [4.78, 5) is 15.1. The Bertz CT molecular complexity index is 362. The summed E-state index contributed by atoms with van der Waals surface area (Å²) in [6.07, 6.45) is 12.1. The first-order valence-corrected chi connectivity index (χ1v) is 8.84. The van der Waals surface area contributed by atoms with Crippen LogP contribution in [0, 0.1) is 0 Å². The van der Waals surface area contributed by atoms with E-state index in [1.165, 1.54) is 65.1 Å². The number of nitrogens with one attached hydrogen (secondary N) is 1. The standard InChI is InChI=1S/C17H30N2O2/c1-21-16(20)17(18-14-8-9-14)10-6-7-15(13-17)19-11-4-2-3-5-12-19/h14-15,18H,2-13H2,1H3. The molecule has 3 aliphatic rings. The second kappa shape index (κ2) is 6.66. The second-order valence-corrected chi connectivity index (χ2v) is 7.19. The van der Waals surface area contributed by atoms with Crippen molar-refractivity contribution in [3.05, 3.63) is 0 Å². The summed E-state index contributed by atoms with van der Waals surface area (Å²) in [6.45, 7) is 2.43. The molecule has 0 amide bonds. The van der Waals surface area contributed by atoms with Crippen molar-refractivity contribution < 1.29 is 9.53 Å². The molecule has 4 nitrogen and oxygen atoms in total. The Morgan fingerprint density at radius 2 is 1.81 bits per heavy atom. The van der Waals surface area contributed by atoms with Crippen LogP contribution in [-0.4, -0.2) is 48.7 Å². The van der Waals surface area contributed by atoms with E-state index in [9.17, 15) is 4.79 Å². The molecule has 0 spiro atoms. The summed E-state index contributed by atoms with van der Waals surface area (Å²) >= 11 is 0. The van der Waals surface area contributed by atoms with Crippen LogP contribution in [0.25, 0.3) is 0 Å². The molecule has 1 aliphatic heterocycles. The molecule has 1 N–H and O–H groups in total. The maximum atomic E-state index is 12.4. The molecule has 4 heteroatoms. The minimum atomic E-state index is -0.412. The van der Waals surface area contributed by atoms with Gasteiger partial charge in [-0.3, -0.25) is 10.1 Å². The molecule has 1 saturated heterocycles. The van der Waals surface area contributed by atoms with Crippen LogP contribution in [0.4, 0.5) is 0 Å². The Morgan fingerprint density at radius 3 is 2.43 bits per heavy atom. The molecule has 2 saturated carbocycles. The van der Waals surface area contributed by atoms with Gasteiger partial charge in [-0.15, -0.1) is 0 Å². The van der Waals surface area contributed by atoms with Crippen molar-refractivity contribution in [2.24, 2.45) is 0 Å². The number of nitrogens with zero attached hydrogens (tertiary/aromatic N) is 1. The first kappa shape index (κ1) is 15.3. The van der Waals surface area contributed by atoms with Crippen LogP contribution in [0.1, 0.15) is 64.2 Å². The molecule has 0 bridgehead atoms. The first-order valence-electron chi connectivity index (χ1n) is 8.84. The van der Waals surface area contributed by atoms with Gasteiger partial charge in [-0.05, 0) is 64.5 Å². The maximum absolute atomic E-state index is 12.4. The summed E-state index contributed by atoms with van der Waals surface area (Å²) in [7, 11) is 1.54. The first-order chi connectivity index (χ1) is 10.2. The molecule has 21 heavy (non-hydrogen) atoms. The number of hydrogen-bond acceptors (Lipinski definition) is 4. The average molecular weight is 294 g/mol. The SMILES string of the molecule is COC(=O)C1(NC2CC2)CCCC(N2CCCCCC2)C1. The van der Waals surface area contributed by atoms with E-state index in [-0.39, 0.29) is 5.97 Å². The van der Waals surface area contributed by atoms with Crippen molar-refractivity contribution in [2.75, 3.05) is 20.2 Å². The Morgan fingerprint density at radius 1 is 1.10 bits per heavy atom. The Kier molecular flexibility index (Phi) is 4.85. The second-order valence-electron chi connectivity index (χ2n) is 7.19. The van der Waals surface area contributed by atoms with Crippen molar-refractivity contribution in [3.63, 3.8) is 0 Å². The number of esters is 1. The molecule has 3 rings (SSSR count). The Labute approximate surface area is 128 Å². The van der Waals surface area contributed by atoms with Gasteiger partial charge >= 0.3 is 5.97 Å². The van der Waals surface area contributed by atoms with Crippen molar-refractivity contribution in [2.45, 2.75) is 81.8 Å². The lowest BCUT2D eigenvalue weighted by Gasteiger charge is -2.43.